The highest BCUT2D eigenvalue weighted by atomic mass is 35.5. The highest BCUT2D eigenvalue weighted by molar-refractivity contribution is 6.22. The van der Waals surface area contributed by atoms with Crippen LogP contribution < -0.4 is 23.1 Å². The van der Waals surface area contributed by atoms with Crippen molar-refractivity contribution < 1.29 is 35.9 Å². The molecular weight excluding hydrogens is 672 g/mol. The Hall–Kier alpha value is -4.49. The molecule has 1 N–H and O–H groups in total. The van der Waals surface area contributed by atoms with Crippen molar-refractivity contribution in [3.8, 4) is 22.5 Å². The van der Waals surface area contributed by atoms with Crippen LogP contribution in [-0.4, -0.2) is 37.2 Å². The molecule has 8 heteroatoms. The number of nitrogens with zero attached hydrogens (tertiary/aromatic N) is 1. The van der Waals surface area contributed by atoms with Gasteiger partial charge in [0.2, 0.25) is 0 Å². The van der Waals surface area contributed by atoms with Crippen molar-refractivity contribution in [3.05, 3.63) is 93.4 Å². The second kappa shape index (κ2) is 18.8. The van der Waals surface area contributed by atoms with Gasteiger partial charge in [-0.05, 0) is 102 Å². The van der Waals surface area contributed by atoms with Crippen LogP contribution in [0.1, 0.15) is 107 Å². The molecule has 276 valence electrons. The van der Waals surface area contributed by atoms with Gasteiger partial charge in [-0.15, -0.1) is 0 Å². The molecule has 52 heavy (non-hydrogen) atoms. The van der Waals surface area contributed by atoms with Crippen molar-refractivity contribution in [2.24, 2.45) is 4.99 Å². The Morgan fingerprint density at radius 2 is 1.50 bits per heavy atom. The number of hydrogen-bond donors (Lipinski definition) is 1. The Kier molecular flexibility index (Phi) is 14.6. The summed E-state index contributed by atoms with van der Waals surface area (Å²) in [6.45, 7) is 13.6. The molecule has 0 saturated heterocycles. The molecule has 0 spiro atoms. The molecule has 0 aromatic heterocycles. The normalized spacial score (nSPS) is 13.5. The maximum Gasteiger partial charge on any atom is 0.338 e. The van der Waals surface area contributed by atoms with Crippen molar-refractivity contribution in [1.82, 2.24) is 0 Å². The van der Waals surface area contributed by atoms with E-state index >= 15 is 0 Å². The highest BCUT2D eigenvalue weighted by Gasteiger charge is 2.24. The molecule has 0 amide bonds. The van der Waals surface area contributed by atoms with Gasteiger partial charge in [0.1, 0.15) is 11.3 Å². The summed E-state index contributed by atoms with van der Waals surface area (Å²) >= 11 is 0. The number of anilines is 1. The van der Waals surface area contributed by atoms with Crippen LogP contribution in [0.4, 0.5) is 5.69 Å². The second-order valence-electron chi connectivity index (χ2n) is 13.7. The summed E-state index contributed by atoms with van der Waals surface area (Å²) < 4.78 is 12.4. The number of ketones is 2. The van der Waals surface area contributed by atoms with Crippen LogP contribution in [-0.2, 0) is 14.3 Å². The van der Waals surface area contributed by atoms with Gasteiger partial charge in [0, 0.05) is 64.1 Å². The fourth-order valence-corrected chi connectivity index (χ4v) is 6.91. The van der Waals surface area contributed by atoms with Gasteiger partial charge in [0.05, 0.1) is 17.5 Å². The SMILES string of the molecule is CCN=c1cc2oc3cc(NCC)c(C)cc3c(-c3ccccc3C(=O)OCCCCCCCCCCC3=CC(=O)C(C)=C(C)C3=O)c-2cc1C.[Cl-]. The van der Waals surface area contributed by atoms with Crippen molar-refractivity contribution in [2.75, 3.05) is 25.0 Å². The van der Waals surface area contributed by atoms with Gasteiger partial charge in [-0.1, -0.05) is 56.7 Å². The van der Waals surface area contributed by atoms with Crippen LogP contribution in [0.25, 0.3) is 33.4 Å². The molecule has 7 nitrogen and oxygen atoms in total. The summed E-state index contributed by atoms with van der Waals surface area (Å²) in [4.78, 5) is 42.8. The van der Waals surface area contributed by atoms with Crippen LogP contribution in [0, 0.1) is 13.8 Å². The molecule has 1 heterocycles. The number of halogens is 1. The van der Waals surface area contributed by atoms with Gasteiger partial charge in [-0.25, -0.2) is 4.79 Å². The number of unbranched alkanes of at least 4 members (excludes halogenated alkanes) is 7. The number of nitrogens with one attached hydrogen (secondary N) is 1. The first-order valence-corrected chi connectivity index (χ1v) is 18.6. The first-order chi connectivity index (χ1) is 24.6. The monoisotopic (exact) mass is 723 g/mol. The van der Waals surface area contributed by atoms with Gasteiger partial charge in [0.15, 0.2) is 11.6 Å². The van der Waals surface area contributed by atoms with Crippen LogP contribution in [0.2, 0.25) is 0 Å². The number of ether oxygens (including phenoxy) is 1. The third-order valence-electron chi connectivity index (χ3n) is 9.94. The van der Waals surface area contributed by atoms with E-state index in [2.05, 4.69) is 49.3 Å². The Bertz CT molecular complexity index is 2040. The number of esters is 1. The molecule has 3 aliphatic rings. The number of rotatable bonds is 16. The van der Waals surface area contributed by atoms with Crippen molar-refractivity contribution in [3.63, 3.8) is 0 Å². The predicted octanol–water partition coefficient (Wildman–Crippen LogP) is 7.26. The van der Waals surface area contributed by atoms with Crippen molar-refractivity contribution in [1.29, 1.82) is 0 Å². The Balaban J connectivity index is 0.00000605. The molecule has 0 radical (unpaired) electrons. The van der Waals surface area contributed by atoms with Gasteiger partial charge in [0.25, 0.3) is 0 Å². The molecule has 0 fully saturated rings. The first-order valence-electron chi connectivity index (χ1n) is 18.6. The standard InChI is InChI=1S/C44H52N2O5.ClH/c1-7-45-37-26-40-35(23-28(37)3)42(36-24-29(4)38(46-8-2)27-41(36)51-40)33-20-16-17-21-34(33)44(49)50-22-18-14-12-10-9-11-13-15-19-32-25-39(47)30(5)31(6)43(32)48;/h16-17,20-21,23-27,45H,7-15,18-19,22H2,1-6H3;1H/p-1. The molecule has 2 aromatic rings. The number of fused-ring (bicyclic) bond motifs is 2. The fraction of sp³-hybridized carbons (Fsp3) is 0.409. The minimum atomic E-state index is -0.322. The predicted molar refractivity (Wildman–Crippen MR) is 206 cm³/mol. The van der Waals surface area contributed by atoms with E-state index in [1.807, 2.05) is 37.3 Å². The van der Waals surface area contributed by atoms with Gasteiger partial charge >= 0.3 is 5.97 Å². The number of carbonyl (C=O) groups excluding carboxylic acids is 3. The van der Waals surface area contributed by atoms with Crippen molar-refractivity contribution >= 4 is 34.2 Å². The van der Waals surface area contributed by atoms with Crippen LogP contribution >= 0.6 is 0 Å². The van der Waals surface area contributed by atoms with E-state index < -0.39 is 0 Å². The summed E-state index contributed by atoms with van der Waals surface area (Å²) in [7, 11) is 0. The lowest BCUT2D eigenvalue weighted by Gasteiger charge is -2.20. The van der Waals surface area contributed by atoms with Crippen LogP contribution in [0.5, 0.6) is 0 Å². The van der Waals surface area contributed by atoms with Crippen molar-refractivity contribution in [2.45, 2.75) is 99.3 Å². The fourth-order valence-electron chi connectivity index (χ4n) is 6.91. The highest BCUT2D eigenvalue weighted by Crippen LogP contribution is 2.43. The number of aryl methyl sites for hydroxylation is 2. The van der Waals surface area contributed by atoms with E-state index in [-0.39, 0.29) is 29.9 Å². The lowest BCUT2D eigenvalue weighted by atomic mass is 9.88. The maximum absolute atomic E-state index is 13.6. The van der Waals surface area contributed by atoms with Gasteiger partial charge in [-0.3, -0.25) is 14.6 Å². The molecule has 0 saturated carbocycles. The minimum absolute atomic E-state index is 0. The third kappa shape index (κ3) is 9.29. The summed E-state index contributed by atoms with van der Waals surface area (Å²) in [5.74, 6) is 0.391. The van der Waals surface area contributed by atoms with Gasteiger partial charge < -0.3 is 26.9 Å². The average Bonchev–Trinajstić information content (AvgIpc) is 3.12. The quantitative estimate of drug-likeness (QED) is 0.0566. The third-order valence-corrected chi connectivity index (χ3v) is 9.94. The van der Waals surface area contributed by atoms with E-state index in [0.29, 0.717) is 41.9 Å². The number of Topliss-reactive ketones (excluding diaryl/α,β-unsaturated/α-hetero) is 1. The van der Waals surface area contributed by atoms with Crippen LogP contribution in [0.3, 0.4) is 0 Å². The lowest BCUT2D eigenvalue weighted by Crippen LogP contribution is -3.00. The lowest BCUT2D eigenvalue weighted by molar-refractivity contribution is -0.116. The Morgan fingerprint density at radius 1 is 0.808 bits per heavy atom. The number of hydrogen-bond acceptors (Lipinski definition) is 7. The summed E-state index contributed by atoms with van der Waals surface area (Å²) in [5.41, 5.74) is 8.96. The summed E-state index contributed by atoms with van der Waals surface area (Å²) in [6.07, 6.45) is 10.4. The van der Waals surface area contributed by atoms with Crippen LogP contribution in [0.15, 0.2) is 80.7 Å². The molecule has 1 aliphatic heterocycles. The molecule has 0 bridgehead atoms. The summed E-state index contributed by atoms with van der Waals surface area (Å²) in [5, 5.41) is 5.28. The first kappa shape index (κ1) is 40.3. The Morgan fingerprint density at radius 3 is 2.21 bits per heavy atom. The topological polar surface area (TPSA) is 98.0 Å². The molecule has 5 rings (SSSR count). The van der Waals surface area contributed by atoms with E-state index in [1.54, 1.807) is 13.8 Å². The Labute approximate surface area is 314 Å². The largest absolute Gasteiger partial charge is 1.00 e. The van der Waals surface area contributed by atoms with Gasteiger partial charge in [-0.2, -0.15) is 0 Å². The van der Waals surface area contributed by atoms with E-state index in [9.17, 15) is 14.4 Å². The zero-order chi connectivity index (χ0) is 36.5. The number of benzene rings is 3. The molecule has 2 aromatic carbocycles. The van der Waals surface area contributed by atoms with E-state index in [4.69, 9.17) is 9.15 Å². The zero-order valence-electron chi connectivity index (χ0n) is 31.5. The van der Waals surface area contributed by atoms with E-state index in [1.165, 1.54) is 6.08 Å². The molecule has 0 atom stereocenters. The smallest absolute Gasteiger partial charge is 0.338 e. The minimum Gasteiger partial charge on any atom is -1.00 e. The number of carbonyl (C=O) groups is 3. The second-order valence-corrected chi connectivity index (χ2v) is 13.7. The van der Waals surface area contributed by atoms with E-state index in [0.717, 1.165) is 114 Å². The average molecular weight is 724 g/mol. The summed E-state index contributed by atoms with van der Waals surface area (Å²) in [6, 6.07) is 16.0. The maximum atomic E-state index is 13.6. The molecule has 2 aliphatic carbocycles. The molecule has 0 unspecified atom stereocenters. The zero-order valence-corrected chi connectivity index (χ0v) is 32.3. The number of allylic oxidation sites excluding steroid dienone is 4. The molecular formula is C44H52ClN2O5-.